The molecule has 1 N–H and O–H groups in total. The van der Waals surface area contributed by atoms with Gasteiger partial charge in [0.25, 0.3) is 5.56 Å². The van der Waals surface area contributed by atoms with E-state index in [9.17, 15) is 10.1 Å². The minimum Gasteiger partial charge on any atom is -0.356 e. The average molecular weight is 369 g/mol. The lowest BCUT2D eigenvalue weighted by Crippen LogP contribution is -2.11. The zero-order valence-corrected chi connectivity index (χ0v) is 15.9. The van der Waals surface area contributed by atoms with Crippen molar-refractivity contribution >= 4 is 10.9 Å². The van der Waals surface area contributed by atoms with E-state index in [0.29, 0.717) is 34.0 Å². The SMILES string of the molecule is Cc1cc(-c2c(-c3ccc(C(C)C)cc3)c3cc(C#N)ccc3[nH]c2=O)on1. The first-order valence-electron chi connectivity index (χ1n) is 9.12. The summed E-state index contributed by atoms with van der Waals surface area (Å²) >= 11 is 0. The summed E-state index contributed by atoms with van der Waals surface area (Å²) in [5, 5.41) is 14.1. The number of aromatic nitrogens is 2. The molecule has 0 aliphatic heterocycles. The third-order valence-corrected chi connectivity index (χ3v) is 4.88. The molecule has 4 aromatic rings. The zero-order chi connectivity index (χ0) is 19.8. The summed E-state index contributed by atoms with van der Waals surface area (Å²) in [6.45, 7) is 6.09. The second-order valence-electron chi connectivity index (χ2n) is 7.19. The van der Waals surface area contributed by atoms with Crippen molar-refractivity contribution in [3.63, 3.8) is 0 Å². The third-order valence-electron chi connectivity index (χ3n) is 4.88. The number of nitrogens with one attached hydrogen (secondary N) is 1. The van der Waals surface area contributed by atoms with Gasteiger partial charge in [-0.2, -0.15) is 5.26 Å². The van der Waals surface area contributed by atoms with Gasteiger partial charge >= 0.3 is 0 Å². The van der Waals surface area contributed by atoms with Crippen LogP contribution in [0.4, 0.5) is 0 Å². The molecule has 0 bridgehead atoms. The van der Waals surface area contributed by atoms with Gasteiger partial charge in [0, 0.05) is 22.5 Å². The fourth-order valence-electron chi connectivity index (χ4n) is 3.41. The van der Waals surface area contributed by atoms with Gasteiger partial charge in [-0.25, -0.2) is 0 Å². The quantitative estimate of drug-likeness (QED) is 0.541. The maximum Gasteiger partial charge on any atom is 0.260 e. The van der Waals surface area contributed by atoms with Crippen molar-refractivity contribution in [3.8, 4) is 28.5 Å². The van der Waals surface area contributed by atoms with E-state index >= 15 is 0 Å². The highest BCUT2D eigenvalue weighted by Crippen LogP contribution is 2.36. The lowest BCUT2D eigenvalue weighted by molar-refractivity contribution is 0.427. The van der Waals surface area contributed by atoms with Gasteiger partial charge in [0.05, 0.1) is 22.9 Å². The smallest absolute Gasteiger partial charge is 0.260 e. The topological polar surface area (TPSA) is 82.7 Å². The van der Waals surface area contributed by atoms with Crippen molar-refractivity contribution in [1.29, 1.82) is 5.26 Å². The van der Waals surface area contributed by atoms with Crippen molar-refractivity contribution in [1.82, 2.24) is 10.1 Å². The number of pyridine rings is 1. The fraction of sp³-hybridized carbons (Fsp3) is 0.174. The number of hydrogen-bond acceptors (Lipinski definition) is 4. The molecule has 0 aliphatic carbocycles. The van der Waals surface area contributed by atoms with Crippen molar-refractivity contribution in [3.05, 3.63) is 75.7 Å². The first-order chi connectivity index (χ1) is 13.5. The Morgan fingerprint density at radius 2 is 1.82 bits per heavy atom. The van der Waals surface area contributed by atoms with Gasteiger partial charge in [-0.1, -0.05) is 43.3 Å². The number of hydrogen-bond donors (Lipinski definition) is 1. The predicted molar refractivity (Wildman–Crippen MR) is 109 cm³/mol. The molecule has 2 aromatic carbocycles. The summed E-state index contributed by atoms with van der Waals surface area (Å²) in [4.78, 5) is 15.9. The van der Waals surface area contributed by atoms with Crippen LogP contribution in [-0.4, -0.2) is 10.1 Å². The van der Waals surface area contributed by atoms with Gasteiger partial charge in [-0.15, -0.1) is 0 Å². The van der Waals surface area contributed by atoms with Crippen LogP contribution in [0.3, 0.4) is 0 Å². The molecular formula is C23H19N3O2. The normalized spacial score (nSPS) is 11.1. The number of rotatable bonds is 3. The first-order valence-corrected chi connectivity index (χ1v) is 9.12. The molecule has 0 unspecified atom stereocenters. The molecule has 4 rings (SSSR count). The van der Waals surface area contributed by atoms with Crippen LogP contribution < -0.4 is 5.56 Å². The fourth-order valence-corrected chi connectivity index (χ4v) is 3.41. The van der Waals surface area contributed by atoms with Crippen LogP contribution >= 0.6 is 0 Å². The van der Waals surface area contributed by atoms with Crippen molar-refractivity contribution < 1.29 is 4.52 Å². The maximum absolute atomic E-state index is 13.0. The van der Waals surface area contributed by atoms with E-state index in [1.807, 2.05) is 19.1 Å². The maximum atomic E-state index is 13.0. The van der Waals surface area contributed by atoms with E-state index in [2.05, 4.69) is 42.2 Å². The van der Waals surface area contributed by atoms with Crippen molar-refractivity contribution in [2.24, 2.45) is 0 Å². The molecule has 0 atom stereocenters. The number of nitrogens with zero attached hydrogens (tertiary/aromatic N) is 2. The predicted octanol–water partition coefficient (Wildman–Crippen LogP) is 5.15. The summed E-state index contributed by atoms with van der Waals surface area (Å²) in [7, 11) is 0. The van der Waals surface area contributed by atoms with E-state index in [1.165, 1.54) is 5.56 Å². The van der Waals surface area contributed by atoms with Gasteiger partial charge in [0.2, 0.25) is 0 Å². The highest BCUT2D eigenvalue weighted by atomic mass is 16.5. The van der Waals surface area contributed by atoms with Crippen LogP contribution in [0, 0.1) is 18.3 Å². The van der Waals surface area contributed by atoms with Gasteiger partial charge < -0.3 is 9.51 Å². The summed E-state index contributed by atoms with van der Waals surface area (Å²) in [6.07, 6.45) is 0. The molecule has 28 heavy (non-hydrogen) atoms. The second-order valence-corrected chi connectivity index (χ2v) is 7.19. The number of aryl methyl sites for hydroxylation is 1. The molecule has 0 amide bonds. The zero-order valence-electron chi connectivity index (χ0n) is 15.9. The highest BCUT2D eigenvalue weighted by Gasteiger charge is 2.20. The molecule has 0 fully saturated rings. The highest BCUT2D eigenvalue weighted by molar-refractivity contribution is 6.01. The van der Waals surface area contributed by atoms with E-state index < -0.39 is 0 Å². The number of H-pyrrole nitrogens is 1. The third kappa shape index (κ3) is 2.99. The van der Waals surface area contributed by atoms with Crippen LogP contribution in [-0.2, 0) is 0 Å². The van der Waals surface area contributed by atoms with Gasteiger partial charge in [0.15, 0.2) is 5.76 Å². The van der Waals surface area contributed by atoms with E-state index in [4.69, 9.17) is 4.52 Å². The lowest BCUT2D eigenvalue weighted by atomic mass is 9.92. The summed E-state index contributed by atoms with van der Waals surface area (Å²) in [5.74, 6) is 0.817. The average Bonchev–Trinajstić information content (AvgIpc) is 3.12. The Hall–Kier alpha value is -3.65. The molecule has 0 spiro atoms. The number of aromatic amines is 1. The molecule has 5 heteroatoms. The Morgan fingerprint density at radius 1 is 1.07 bits per heavy atom. The Kier molecular flexibility index (Phi) is 4.32. The molecule has 0 radical (unpaired) electrons. The van der Waals surface area contributed by atoms with Crippen LogP contribution in [0.1, 0.15) is 36.6 Å². The molecule has 2 aromatic heterocycles. The lowest BCUT2D eigenvalue weighted by Gasteiger charge is -2.13. The molecule has 138 valence electrons. The van der Waals surface area contributed by atoms with Gasteiger partial charge in [0.1, 0.15) is 0 Å². The molecule has 0 saturated heterocycles. The Morgan fingerprint density at radius 3 is 2.43 bits per heavy atom. The monoisotopic (exact) mass is 369 g/mol. The van der Waals surface area contributed by atoms with Crippen LogP contribution in [0.25, 0.3) is 33.4 Å². The standard InChI is InChI=1S/C23H19N3O2/c1-13(2)16-5-7-17(8-6-16)21-18-11-15(12-24)4-9-19(18)25-23(27)22(21)20-10-14(3)26-28-20/h4-11,13H,1-3H3,(H,25,27). The molecule has 0 saturated carbocycles. The van der Waals surface area contributed by atoms with Crippen molar-refractivity contribution in [2.45, 2.75) is 26.7 Å². The Labute approximate surface area is 162 Å². The molecule has 2 heterocycles. The second kappa shape index (κ2) is 6.82. The minimum absolute atomic E-state index is 0.253. The number of nitriles is 1. The Balaban J connectivity index is 2.10. The summed E-state index contributed by atoms with van der Waals surface area (Å²) < 4.78 is 5.43. The van der Waals surface area contributed by atoms with Crippen LogP contribution in [0.15, 0.2) is 57.8 Å². The summed E-state index contributed by atoms with van der Waals surface area (Å²) in [5.41, 5.74) is 4.90. The van der Waals surface area contributed by atoms with Gasteiger partial charge in [-0.3, -0.25) is 4.79 Å². The number of fused-ring (bicyclic) bond motifs is 1. The molecule has 5 nitrogen and oxygen atoms in total. The van der Waals surface area contributed by atoms with Crippen LogP contribution in [0.2, 0.25) is 0 Å². The van der Waals surface area contributed by atoms with Crippen LogP contribution in [0.5, 0.6) is 0 Å². The molecule has 0 aliphatic rings. The minimum atomic E-state index is -0.253. The largest absolute Gasteiger partial charge is 0.356 e. The number of benzene rings is 2. The van der Waals surface area contributed by atoms with E-state index in [0.717, 1.165) is 16.5 Å². The van der Waals surface area contributed by atoms with E-state index in [1.54, 1.807) is 24.3 Å². The summed E-state index contributed by atoms with van der Waals surface area (Å²) in [6, 6.07) is 17.3. The van der Waals surface area contributed by atoms with E-state index in [-0.39, 0.29) is 5.56 Å². The first kappa shape index (κ1) is 17.7. The van der Waals surface area contributed by atoms with Crippen molar-refractivity contribution in [2.75, 3.05) is 0 Å². The Bertz CT molecular complexity index is 1270. The van der Waals surface area contributed by atoms with Gasteiger partial charge in [-0.05, 0) is 42.2 Å². The molecular weight excluding hydrogens is 350 g/mol.